The lowest BCUT2D eigenvalue weighted by Crippen LogP contribution is -2.12. The molecule has 106 valence electrons. The van der Waals surface area contributed by atoms with Crippen molar-refractivity contribution < 1.29 is 4.79 Å². The molecule has 0 saturated heterocycles. The van der Waals surface area contributed by atoms with Crippen LogP contribution in [0.5, 0.6) is 0 Å². The Morgan fingerprint density at radius 1 is 1.29 bits per heavy atom. The monoisotopic (exact) mass is 298 g/mol. The van der Waals surface area contributed by atoms with Crippen LogP contribution in [0.2, 0.25) is 0 Å². The number of aromatic nitrogens is 2. The van der Waals surface area contributed by atoms with Gasteiger partial charge >= 0.3 is 0 Å². The number of anilines is 2. The van der Waals surface area contributed by atoms with Crippen molar-refractivity contribution in [2.75, 3.05) is 11.1 Å². The van der Waals surface area contributed by atoms with Crippen LogP contribution in [-0.2, 0) is 0 Å². The van der Waals surface area contributed by atoms with Crippen molar-refractivity contribution in [3.05, 3.63) is 46.5 Å². The number of nitrogen functional groups attached to an aromatic ring is 1. The molecule has 0 saturated carbocycles. The Labute approximate surface area is 125 Å². The number of nitrogens with zero attached hydrogens (tertiary/aromatic N) is 2. The summed E-state index contributed by atoms with van der Waals surface area (Å²) in [7, 11) is 0. The Balaban J connectivity index is 1.95. The number of nitrogens with one attached hydrogen (secondary N) is 1. The van der Waals surface area contributed by atoms with E-state index in [0.717, 1.165) is 22.2 Å². The van der Waals surface area contributed by atoms with Gasteiger partial charge in [0.05, 0.1) is 11.9 Å². The first-order valence-electron chi connectivity index (χ1n) is 6.44. The average molecular weight is 298 g/mol. The second-order valence-corrected chi connectivity index (χ2v) is 5.87. The Morgan fingerprint density at radius 2 is 2.10 bits per heavy atom. The topological polar surface area (TPSA) is 80.9 Å². The van der Waals surface area contributed by atoms with Gasteiger partial charge in [-0.3, -0.25) is 4.79 Å². The third-order valence-corrected chi connectivity index (χ3v) is 4.36. The summed E-state index contributed by atoms with van der Waals surface area (Å²) in [6, 6.07) is 7.64. The van der Waals surface area contributed by atoms with E-state index >= 15 is 0 Å². The van der Waals surface area contributed by atoms with Crippen LogP contribution in [0.15, 0.2) is 30.5 Å². The lowest BCUT2D eigenvalue weighted by molar-refractivity contribution is 0.103. The smallest absolute Gasteiger partial charge is 0.267 e. The summed E-state index contributed by atoms with van der Waals surface area (Å²) in [4.78, 5) is 13.5. The first kappa shape index (κ1) is 13.5. The van der Waals surface area contributed by atoms with Crippen LogP contribution in [0.25, 0.3) is 10.2 Å². The third kappa shape index (κ3) is 2.45. The molecule has 3 rings (SSSR count). The van der Waals surface area contributed by atoms with Crippen LogP contribution in [0.3, 0.4) is 0 Å². The molecule has 2 aromatic heterocycles. The maximum Gasteiger partial charge on any atom is 0.267 e. The molecule has 0 aliphatic rings. The number of carbonyl (C=O) groups excluding carboxylic acids is 1. The summed E-state index contributed by atoms with van der Waals surface area (Å²) < 4.78 is 0. The molecule has 0 fully saturated rings. The lowest BCUT2D eigenvalue weighted by Gasteiger charge is -2.08. The molecule has 1 aromatic carbocycles. The van der Waals surface area contributed by atoms with Crippen LogP contribution in [0, 0.1) is 13.8 Å². The second kappa shape index (κ2) is 5.14. The fourth-order valence-corrected chi connectivity index (χ4v) is 3.11. The molecule has 1 amide bonds. The number of amides is 1. The number of fused-ring (bicyclic) bond motifs is 1. The zero-order valence-corrected chi connectivity index (χ0v) is 12.5. The highest BCUT2D eigenvalue weighted by Gasteiger charge is 2.17. The molecule has 0 aliphatic heterocycles. The zero-order valence-electron chi connectivity index (χ0n) is 11.7. The predicted molar refractivity (Wildman–Crippen MR) is 85.7 cm³/mol. The summed E-state index contributed by atoms with van der Waals surface area (Å²) in [6.45, 7) is 3.98. The van der Waals surface area contributed by atoms with Gasteiger partial charge in [-0.2, -0.15) is 5.10 Å². The summed E-state index contributed by atoms with van der Waals surface area (Å²) in [5.41, 5.74) is 9.45. The van der Waals surface area contributed by atoms with Gasteiger partial charge < -0.3 is 11.1 Å². The Kier molecular flexibility index (Phi) is 3.31. The molecular weight excluding hydrogens is 284 g/mol. The quantitative estimate of drug-likeness (QED) is 0.761. The van der Waals surface area contributed by atoms with E-state index in [0.29, 0.717) is 15.4 Å². The first-order chi connectivity index (χ1) is 10.1. The van der Waals surface area contributed by atoms with E-state index in [9.17, 15) is 4.79 Å². The SMILES string of the molecule is Cc1ccc(NC(=O)c2sc3nnccc3c2N)c(C)c1. The van der Waals surface area contributed by atoms with Gasteiger partial charge in [0.15, 0.2) is 0 Å². The first-order valence-corrected chi connectivity index (χ1v) is 7.26. The minimum Gasteiger partial charge on any atom is -0.397 e. The van der Waals surface area contributed by atoms with Crippen LogP contribution in [-0.4, -0.2) is 16.1 Å². The molecule has 5 nitrogen and oxygen atoms in total. The molecule has 0 radical (unpaired) electrons. The molecule has 0 unspecified atom stereocenters. The largest absolute Gasteiger partial charge is 0.397 e. The van der Waals surface area contributed by atoms with E-state index < -0.39 is 0 Å². The minimum absolute atomic E-state index is 0.220. The van der Waals surface area contributed by atoms with Crippen molar-refractivity contribution in [3.63, 3.8) is 0 Å². The highest BCUT2D eigenvalue weighted by molar-refractivity contribution is 7.21. The summed E-state index contributed by atoms with van der Waals surface area (Å²) in [5, 5.41) is 11.5. The van der Waals surface area contributed by atoms with E-state index in [1.807, 2.05) is 32.0 Å². The number of carbonyl (C=O) groups is 1. The number of benzene rings is 1. The normalized spacial score (nSPS) is 10.8. The number of hydrogen-bond acceptors (Lipinski definition) is 5. The Bertz CT molecular complexity index is 841. The molecular formula is C15H14N4OS. The Hall–Kier alpha value is -2.47. The van der Waals surface area contributed by atoms with E-state index in [-0.39, 0.29) is 5.91 Å². The maximum atomic E-state index is 12.4. The highest BCUT2D eigenvalue weighted by atomic mass is 32.1. The molecule has 3 N–H and O–H groups in total. The lowest BCUT2D eigenvalue weighted by atomic mass is 10.1. The van der Waals surface area contributed by atoms with E-state index in [1.54, 1.807) is 12.3 Å². The van der Waals surface area contributed by atoms with Gasteiger partial charge in [0.1, 0.15) is 9.71 Å². The van der Waals surface area contributed by atoms with Gasteiger partial charge in [-0.1, -0.05) is 17.7 Å². The molecule has 0 atom stereocenters. The number of aryl methyl sites for hydroxylation is 2. The van der Waals surface area contributed by atoms with Gasteiger partial charge in [-0.05, 0) is 31.5 Å². The van der Waals surface area contributed by atoms with E-state index in [4.69, 9.17) is 5.73 Å². The van der Waals surface area contributed by atoms with Gasteiger partial charge in [-0.15, -0.1) is 16.4 Å². The maximum absolute atomic E-state index is 12.4. The van der Waals surface area contributed by atoms with Crippen molar-refractivity contribution in [1.29, 1.82) is 0 Å². The Morgan fingerprint density at radius 3 is 2.81 bits per heavy atom. The number of nitrogens with two attached hydrogens (primary N) is 1. The average Bonchev–Trinajstić information content (AvgIpc) is 2.80. The van der Waals surface area contributed by atoms with Crippen LogP contribution >= 0.6 is 11.3 Å². The van der Waals surface area contributed by atoms with Crippen molar-refractivity contribution >= 4 is 38.8 Å². The van der Waals surface area contributed by atoms with Crippen molar-refractivity contribution in [1.82, 2.24) is 10.2 Å². The number of rotatable bonds is 2. The molecule has 2 heterocycles. The van der Waals surface area contributed by atoms with Crippen molar-refractivity contribution in [3.8, 4) is 0 Å². The highest BCUT2D eigenvalue weighted by Crippen LogP contribution is 2.32. The summed E-state index contributed by atoms with van der Waals surface area (Å²) >= 11 is 1.25. The van der Waals surface area contributed by atoms with Crippen molar-refractivity contribution in [2.24, 2.45) is 0 Å². The van der Waals surface area contributed by atoms with E-state index in [1.165, 1.54) is 11.3 Å². The van der Waals surface area contributed by atoms with Gasteiger partial charge in [-0.25, -0.2) is 0 Å². The number of thiophene rings is 1. The molecule has 0 spiro atoms. The fraction of sp³-hybridized carbons (Fsp3) is 0.133. The molecule has 0 aliphatic carbocycles. The van der Waals surface area contributed by atoms with Gasteiger partial charge in [0.25, 0.3) is 5.91 Å². The number of hydrogen-bond donors (Lipinski definition) is 2. The minimum atomic E-state index is -0.220. The predicted octanol–water partition coefficient (Wildman–Crippen LogP) is 3.14. The third-order valence-electron chi connectivity index (χ3n) is 3.26. The van der Waals surface area contributed by atoms with E-state index in [2.05, 4.69) is 15.5 Å². The molecule has 0 bridgehead atoms. The fourth-order valence-electron chi connectivity index (χ4n) is 2.17. The van der Waals surface area contributed by atoms with Crippen LogP contribution < -0.4 is 11.1 Å². The summed E-state index contributed by atoms with van der Waals surface area (Å²) in [5.74, 6) is -0.220. The van der Waals surface area contributed by atoms with Gasteiger partial charge in [0.2, 0.25) is 0 Å². The molecule has 3 aromatic rings. The second-order valence-electron chi connectivity index (χ2n) is 4.87. The van der Waals surface area contributed by atoms with Gasteiger partial charge in [0, 0.05) is 11.1 Å². The van der Waals surface area contributed by atoms with Crippen LogP contribution in [0.4, 0.5) is 11.4 Å². The zero-order chi connectivity index (χ0) is 15.0. The van der Waals surface area contributed by atoms with Crippen LogP contribution in [0.1, 0.15) is 20.8 Å². The summed E-state index contributed by atoms with van der Waals surface area (Å²) in [6.07, 6.45) is 1.57. The molecule has 21 heavy (non-hydrogen) atoms. The van der Waals surface area contributed by atoms with Crippen molar-refractivity contribution in [2.45, 2.75) is 13.8 Å². The molecule has 6 heteroatoms. The standard InChI is InChI=1S/C15H14N4OS/c1-8-3-4-11(9(2)7-8)18-14(20)13-12(16)10-5-6-17-19-15(10)21-13/h3-7H,16H2,1-2H3,(H,18,20).